The second-order valence-corrected chi connectivity index (χ2v) is 7.29. The van der Waals surface area contributed by atoms with Crippen LogP contribution in [-0.4, -0.2) is 49.4 Å². The van der Waals surface area contributed by atoms with E-state index in [0.717, 1.165) is 19.6 Å². The fourth-order valence-corrected chi connectivity index (χ4v) is 2.87. The summed E-state index contributed by atoms with van der Waals surface area (Å²) in [6, 6.07) is 0. The molecule has 0 aliphatic rings. The summed E-state index contributed by atoms with van der Waals surface area (Å²) >= 11 is 0. The number of hydrogen-bond acceptors (Lipinski definition) is 4. The quantitative estimate of drug-likeness (QED) is 0.255. The first-order valence-electron chi connectivity index (χ1n) is 11.7. The number of unbranched alkanes of at least 4 members (excludes halogenated alkanes) is 13. The molecule has 0 aliphatic heterocycles. The molecule has 0 aromatic heterocycles. The molecule has 0 spiro atoms. The van der Waals surface area contributed by atoms with Crippen molar-refractivity contribution < 1.29 is 19.7 Å². The van der Waals surface area contributed by atoms with Gasteiger partial charge in [-0.1, -0.05) is 90.4 Å². The molecular formula is C23H50O4. The van der Waals surface area contributed by atoms with Crippen LogP contribution in [0.15, 0.2) is 0 Å². The highest BCUT2D eigenvalue weighted by atomic mass is 16.5. The molecule has 1 atom stereocenters. The van der Waals surface area contributed by atoms with E-state index in [4.69, 9.17) is 19.7 Å². The van der Waals surface area contributed by atoms with Gasteiger partial charge in [-0.2, -0.15) is 0 Å². The number of aliphatic hydroxyl groups excluding tert-OH is 2. The van der Waals surface area contributed by atoms with Gasteiger partial charge in [0.2, 0.25) is 0 Å². The first-order chi connectivity index (χ1) is 13.2. The highest BCUT2D eigenvalue weighted by Gasteiger charge is 2.00. The van der Waals surface area contributed by atoms with Crippen molar-refractivity contribution in [2.24, 2.45) is 0 Å². The van der Waals surface area contributed by atoms with Crippen LogP contribution >= 0.6 is 0 Å². The van der Waals surface area contributed by atoms with Gasteiger partial charge < -0.3 is 19.7 Å². The number of aliphatic hydroxyl groups is 2. The molecule has 0 radical (unpaired) electrons. The van der Waals surface area contributed by atoms with Gasteiger partial charge in [0.1, 0.15) is 6.10 Å². The van der Waals surface area contributed by atoms with Gasteiger partial charge in [-0.05, 0) is 20.3 Å². The topological polar surface area (TPSA) is 58.9 Å². The van der Waals surface area contributed by atoms with Crippen LogP contribution in [0.3, 0.4) is 0 Å². The van der Waals surface area contributed by atoms with E-state index < -0.39 is 6.10 Å². The molecular weight excluding hydrogens is 340 g/mol. The summed E-state index contributed by atoms with van der Waals surface area (Å²) in [6.07, 6.45) is 18.3. The minimum absolute atomic E-state index is 0.210. The van der Waals surface area contributed by atoms with Crippen molar-refractivity contribution in [1.82, 2.24) is 0 Å². The summed E-state index contributed by atoms with van der Waals surface area (Å²) in [5.41, 5.74) is 0. The lowest BCUT2D eigenvalue weighted by molar-refractivity contribution is 0.00526. The molecule has 0 amide bonds. The van der Waals surface area contributed by atoms with Crippen LogP contribution in [0, 0.1) is 0 Å². The van der Waals surface area contributed by atoms with Crippen LogP contribution in [0.25, 0.3) is 0 Å². The molecule has 0 aliphatic carbocycles. The molecule has 0 rings (SSSR count). The Kier molecular flexibility index (Phi) is 30.2. The van der Waals surface area contributed by atoms with E-state index in [2.05, 4.69) is 6.92 Å². The van der Waals surface area contributed by atoms with Gasteiger partial charge in [-0.3, -0.25) is 0 Å². The molecule has 166 valence electrons. The summed E-state index contributed by atoms with van der Waals surface area (Å²) in [6.45, 7) is 8.69. The molecule has 0 aromatic rings. The number of rotatable bonds is 20. The Bertz CT molecular complexity index is 234. The largest absolute Gasteiger partial charge is 0.394 e. The van der Waals surface area contributed by atoms with Gasteiger partial charge in [-0.25, -0.2) is 0 Å². The Morgan fingerprint density at radius 3 is 1.33 bits per heavy atom. The summed E-state index contributed by atoms with van der Waals surface area (Å²) in [4.78, 5) is 0. The monoisotopic (exact) mass is 390 g/mol. The second-order valence-electron chi connectivity index (χ2n) is 7.29. The van der Waals surface area contributed by atoms with Crippen molar-refractivity contribution in [3.05, 3.63) is 0 Å². The normalized spacial score (nSPS) is 11.9. The lowest BCUT2D eigenvalue weighted by Crippen LogP contribution is -2.19. The highest BCUT2D eigenvalue weighted by Crippen LogP contribution is 2.12. The van der Waals surface area contributed by atoms with Crippen molar-refractivity contribution in [2.75, 3.05) is 33.0 Å². The fourth-order valence-electron chi connectivity index (χ4n) is 2.87. The van der Waals surface area contributed by atoms with Crippen molar-refractivity contribution in [3.63, 3.8) is 0 Å². The molecule has 0 saturated heterocycles. The second kappa shape index (κ2) is 28.1. The molecule has 1 unspecified atom stereocenters. The maximum absolute atomic E-state index is 9.10. The van der Waals surface area contributed by atoms with E-state index in [1.165, 1.54) is 83.5 Å². The molecule has 2 N–H and O–H groups in total. The van der Waals surface area contributed by atoms with Crippen LogP contribution in [-0.2, 0) is 9.47 Å². The maximum Gasteiger partial charge on any atom is 0.100 e. The van der Waals surface area contributed by atoms with Crippen molar-refractivity contribution >= 4 is 0 Å². The average molecular weight is 391 g/mol. The molecule has 0 heterocycles. The van der Waals surface area contributed by atoms with Crippen LogP contribution in [0.1, 0.15) is 111 Å². The number of ether oxygens (including phenoxy) is 2. The van der Waals surface area contributed by atoms with Crippen LogP contribution < -0.4 is 0 Å². The van der Waals surface area contributed by atoms with Gasteiger partial charge in [-0.15, -0.1) is 0 Å². The molecule has 4 nitrogen and oxygen atoms in total. The summed E-state index contributed by atoms with van der Waals surface area (Å²) < 4.78 is 10.1. The van der Waals surface area contributed by atoms with Gasteiger partial charge in [0.15, 0.2) is 0 Å². The fraction of sp³-hybridized carbons (Fsp3) is 1.00. The van der Waals surface area contributed by atoms with Gasteiger partial charge in [0.25, 0.3) is 0 Å². The first-order valence-corrected chi connectivity index (χ1v) is 11.7. The highest BCUT2D eigenvalue weighted by molar-refractivity contribution is 4.51. The molecule has 4 heteroatoms. The maximum atomic E-state index is 9.10. The third-order valence-corrected chi connectivity index (χ3v) is 4.57. The first kappa shape index (κ1) is 29.0. The summed E-state index contributed by atoms with van der Waals surface area (Å²) in [5.74, 6) is 0. The minimum atomic E-state index is -0.716. The SMILES string of the molecule is CCCCCCCCCCCCCCCCOCC(O)CO.CCOCC. The van der Waals surface area contributed by atoms with Gasteiger partial charge in [0.05, 0.1) is 13.2 Å². The van der Waals surface area contributed by atoms with Crippen molar-refractivity contribution in [1.29, 1.82) is 0 Å². The predicted molar refractivity (Wildman–Crippen MR) is 116 cm³/mol. The van der Waals surface area contributed by atoms with E-state index in [-0.39, 0.29) is 13.2 Å². The average Bonchev–Trinajstić information content (AvgIpc) is 2.68. The van der Waals surface area contributed by atoms with Crippen molar-refractivity contribution in [3.8, 4) is 0 Å². The molecule has 0 saturated carbocycles. The number of hydrogen-bond donors (Lipinski definition) is 2. The Morgan fingerprint density at radius 1 is 0.593 bits per heavy atom. The third-order valence-electron chi connectivity index (χ3n) is 4.57. The van der Waals surface area contributed by atoms with Crippen LogP contribution in [0.4, 0.5) is 0 Å². The zero-order valence-electron chi connectivity index (χ0n) is 18.7. The lowest BCUT2D eigenvalue weighted by Gasteiger charge is -2.08. The standard InChI is InChI=1S/C19H40O3.C4H10O/c1-2-3-4-5-6-7-8-9-10-11-12-13-14-15-16-22-18-19(21)17-20;1-3-5-4-2/h19-21H,2-18H2,1H3;3-4H2,1-2H3. The van der Waals surface area contributed by atoms with Crippen LogP contribution in [0.5, 0.6) is 0 Å². The summed E-state index contributed by atoms with van der Waals surface area (Å²) in [5, 5.41) is 17.7. The molecule has 27 heavy (non-hydrogen) atoms. The van der Waals surface area contributed by atoms with E-state index in [0.29, 0.717) is 6.61 Å². The van der Waals surface area contributed by atoms with E-state index in [1.807, 2.05) is 13.8 Å². The van der Waals surface area contributed by atoms with E-state index in [9.17, 15) is 0 Å². The third kappa shape index (κ3) is 30.8. The zero-order valence-corrected chi connectivity index (χ0v) is 18.7. The van der Waals surface area contributed by atoms with Gasteiger partial charge in [0, 0.05) is 19.8 Å². The van der Waals surface area contributed by atoms with Crippen molar-refractivity contribution in [2.45, 2.75) is 117 Å². The summed E-state index contributed by atoms with van der Waals surface area (Å²) in [7, 11) is 0. The minimum Gasteiger partial charge on any atom is -0.394 e. The Hall–Kier alpha value is -0.160. The molecule has 0 aromatic carbocycles. The van der Waals surface area contributed by atoms with E-state index >= 15 is 0 Å². The molecule has 0 bridgehead atoms. The Labute approximate surface area is 170 Å². The Morgan fingerprint density at radius 2 is 1.00 bits per heavy atom. The smallest absolute Gasteiger partial charge is 0.100 e. The molecule has 0 fully saturated rings. The van der Waals surface area contributed by atoms with E-state index in [1.54, 1.807) is 0 Å². The van der Waals surface area contributed by atoms with Gasteiger partial charge >= 0.3 is 0 Å². The lowest BCUT2D eigenvalue weighted by atomic mass is 10.0. The van der Waals surface area contributed by atoms with Crippen LogP contribution in [0.2, 0.25) is 0 Å². The predicted octanol–water partition coefficient (Wildman–Crippen LogP) is 5.88. The zero-order chi connectivity index (χ0) is 20.4. The Balaban J connectivity index is 0.